The molecule has 1 aliphatic heterocycles. The van der Waals surface area contributed by atoms with Gasteiger partial charge in [-0.05, 0) is 44.7 Å². The van der Waals surface area contributed by atoms with Crippen molar-refractivity contribution >= 4 is 0 Å². The zero-order valence-electron chi connectivity index (χ0n) is 12.2. The molecule has 110 valence electrons. The van der Waals surface area contributed by atoms with Crippen molar-refractivity contribution in [2.45, 2.75) is 43.7 Å². The van der Waals surface area contributed by atoms with E-state index in [4.69, 9.17) is 15.2 Å². The van der Waals surface area contributed by atoms with Crippen LogP contribution in [0, 0.1) is 0 Å². The molecule has 3 N–H and O–H groups in total. The maximum atomic E-state index is 6.45. The highest BCUT2D eigenvalue weighted by molar-refractivity contribution is 5.50. The zero-order valence-corrected chi connectivity index (χ0v) is 12.2. The number of hydrogen-bond donors (Lipinski definition) is 2. The topological polar surface area (TPSA) is 56.5 Å². The molecule has 0 radical (unpaired) electrons. The predicted octanol–water partition coefficient (Wildman–Crippen LogP) is 2.16. The average molecular weight is 276 g/mol. The second-order valence-corrected chi connectivity index (χ2v) is 5.93. The van der Waals surface area contributed by atoms with Gasteiger partial charge in [0.2, 0.25) is 0 Å². The first-order chi connectivity index (χ1) is 9.73. The Morgan fingerprint density at radius 2 is 2.15 bits per heavy atom. The Balaban J connectivity index is 1.84. The summed E-state index contributed by atoms with van der Waals surface area (Å²) in [5.74, 6) is 1.65. The van der Waals surface area contributed by atoms with Crippen LogP contribution in [0.3, 0.4) is 0 Å². The van der Waals surface area contributed by atoms with Crippen LogP contribution in [-0.2, 0) is 5.54 Å². The minimum absolute atomic E-state index is 0.225. The van der Waals surface area contributed by atoms with E-state index in [-0.39, 0.29) is 11.6 Å². The van der Waals surface area contributed by atoms with Crippen LogP contribution in [0.1, 0.15) is 37.7 Å². The number of piperidine rings is 1. The summed E-state index contributed by atoms with van der Waals surface area (Å²) < 4.78 is 11.8. The zero-order chi connectivity index (χ0) is 14.0. The van der Waals surface area contributed by atoms with Gasteiger partial charge in [0.1, 0.15) is 6.10 Å². The summed E-state index contributed by atoms with van der Waals surface area (Å²) in [6, 6.07) is 6.08. The van der Waals surface area contributed by atoms with Crippen molar-refractivity contribution in [2.24, 2.45) is 5.73 Å². The fourth-order valence-corrected chi connectivity index (χ4v) is 3.14. The number of ether oxygens (including phenoxy) is 2. The largest absolute Gasteiger partial charge is 0.493 e. The van der Waals surface area contributed by atoms with E-state index in [0.717, 1.165) is 55.8 Å². The van der Waals surface area contributed by atoms with Gasteiger partial charge in [0, 0.05) is 17.6 Å². The quantitative estimate of drug-likeness (QED) is 0.885. The SMILES string of the molecule is COc1c(OC2CCCNC2)cccc1C1(N)CCC1. The number of hydrogen-bond acceptors (Lipinski definition) is 4. The van der Waals surface area contributed by atoms with Crippen molar-refractivity contribution in [3.05, 3.63) is 23.8 Å². The van der Waals surface area contributed by atoms with E-state index in [9.17, 15) is 0 Å². The second-order valence-electron chi connectivity index (χ2n) is 5.93. The molecule has 0 aromatic heterocycles. The first-order valence-corrected chi connectivity index (χ1v) is 7.57. The highest BCUT2D eigenvalue weighted by Crippen LogP contribution is 2.46. The van der Waals surface area contributed by atoms with Gasteiger partial charge in [-0.2, -0.15) is 0 Å². The lowest BCUT2D eigenvalue weighted by atomic mass is 9.72. The maximum absolute atomic E-state index is 6.45. The summed E-state index contributed by atoms with van der Waals surface area (Å²) in [5.41, 5.74) is 7.32. The molecule has 1 atom stereocenters. The third-order valence-electron chi connectivity index (χ3n) is 4.51. The van der Waals surface area contributed by atoms with Gasteiger partial charge in [-0.25, -0.2) is 0 Å². The molecule has 1 aromatic rings. The van der Waals surface area contributed by atoms with E-state index in [2.05, 4.69) is 11.4 Å². The number of nitrogens with two attached hydrogens (primary N) is 1. The van der Waals surface area contributed by atoms with E-state index in [1.807, 2.05) is 12.1 Å². The summed E-state index contributed by atoms with van der Waals surface area (Å²) in [5, 5.41) is 3.37. The van der Waals surface area contributed by atoms with Gasteiger partial charge in [0.15, 0.2) is 11.5 Å². The molecule has 0 amide bonds. The van der Waals surface area contributed by atoms with E-state index in [0.29, 0.717) is 0 Å². The Morgan fingerprint density at radius 1 is 1.30 bits per heavy atom. The maximum Gasteiger partial charge on any atom is 0.165 e. The van der Waals surface area contributed by atoms with Gasteiger partial charge in [0.05, 0.1) is 7.11 Å². The number of benzene rings is 1. The van der Waals surface area contributed by atoms with Gasteiger partial charge in [-0.3, -0.25) is 0 Å². The van der Waals surface area contributed by atoms with E-state index in [1.165, 1.54) is 6.42 Å². The first kappa shape index (κ1) is 13.7. The van der Waals surface area contributed by atoms with Crippen LogP contribution in [0.4, 0.5) is 0 Å². The standard InChI is InChI=1S/C16H24N2O2/c1-19-15-13(16(17)8-4-9-16)6-2-7-14(15)20-12-5-3-10-18-11-12/h2,6-7,12,18H,3-5,8-11,17H2,1H3. The molecular formula is C16H24N2O2. The predicted molar refractivity (Wildman–Crippen MR) is 79.2 cm³/mol. The smallest absolute Gasteiger partial charge is 0.165 e. The normalized spacial score (nSPS) is 24.8. The number of para-hydroxylation sites is 1. The lowest BCUT2D eigenvalue weighted by Gasteiger charge is -2.39. The molecule has 1 saturated heterocycles. The van der Waals surface area contributed by atoms with Crippen molar-refractivity contribution < 1.29 is 9.47 Å². The Hall–Kier alpha value is -1.26. The molecule has 2 fully saturated rings. The lowest BCUT2D eigenvalue weighted by Crippen LogP contribution is -2.43. The van der Waals surface area contributed by atoms with E-state index >= 15 is 0 Å². The Kier molecular flexibility index (Phi) is 3.85. The lowest BCUT2D eigenvalue weighted by molar-refractivity contribution is 0.158. The molecule has 3 rings (SSSR count). The highest BCUT2D eigenvalue weighted by Gasteiger charge is 2.37. The van der Waals surface area contributed by atoms with Gasteiger partial charge in [-0.15, -0.1) is 0 Å². The van der Waals surface area contributed by atoms with Crippen molar-refractivity contribution in [3.63, 3.8) is 0 Å². The molecule has 20 heavy (non-hydrogen) atoms. The van der Waals surface area contributed by atoms with Gasteiger partial charge in [0.25, 0.3) is 0 Å². The average Bonchev–Trinajstić information content (AvgIpc) is 2.45. The van der Waals surface area contributed by atoms with Crippen LogP contribution >= 0.6 is 0 Å². The summed E-state index contributed by atoms with van der Waals surface area (Å²) in [6.07, 6.45) is 5.72. The van der Waals surface area contributed by atoms with Crippen LogP contribution in [0.5, 0.6) is 11.5 Å². The molecular weight excluding hydrogens is 252 g/mol. The van der Waals surface area contributed by atoms with Crippen LogP contribution in [-0.4, -0.2) is 26.3 Å². The van der Waals surface area contributed by atoms with Gasteiger partial charge < -0.3 is 20.5 Å². The van der Waals surface area contributed by atoms with Crippen LogP contribution in [0.2, 0.25) is 0 Å². The van der Waals surface area contributed by atoms with Crippen LogP contribution in [0.15, 0.2) is 18.2 Å². The monoisotopic (exact) mass is 276 g/mol. The third kappa shape index (κ3) is 2.50. The van der Waals surface area contributed by atoms with Crippen molar-refractivity contribution in [3.8, 4) is 11.5 Å². The molecule has 1 aromatic carbocycles. The molecule has 0 spiro atoms. The summed E-state index contributed by atoms with van der Waals surface area (Å²) >= 11 is 0. The highest BCUT2D eigenvalue weighted by atomic mass is 16.5. The Labute approximate surface area is 120 Å². The van der Waals surface area contributed by atoms with E-state index < -0.39 is 0 Å². The van der Waals surface area contributed by atoms with Crippen LogP contribution < -0.4 is 20.5 Å². The molecule has 1 heterocycles. The fourth-order valence-electron chi connectivity index (χ4n) is 3.14. The Morgan fingerprint density at radius 3 is 2.75 bits per heavy atom. The van der Waals surface area contributed by atoms with E-state index in [1.54, 1.807) is 7.11 Å². The minimum Gasteiger partial charge on any atom is -0.493 e. The van der Waals surface area contributed by atoms with Crippen molar-refractivity contribution in [1.82, 2.24) is 5.32 Å². The third-order valence-corrected chi connectivity index (χ3v) is 4.51. The molecule has 0 bridgehead atoms. The van der Waals surface area contributed by atoms with Crippen molar-refractivity contribution in [2.75, 3.05) is 20.2 Å². The summed E-state index contributed by atoms with van der Waals surface area (Å²) in [7, 11) is 1.70. The first-order valence-electron chi connectivity index (χ1n) is 7.57. The Bertz CT molecular complexity index is 466. The summed E-state index contributed by atoms with van der Waals surface area (Å²) in [4.78, 5) is 0. The number of nitrogens with one attached hydrogen (secondary N) is 1. The molecule has 1 saturated carbocycles. The van der Waals surface area contributed by atoms with Gasteiger partial charge in [-0.1, -0.05) is 12.1 Å². The molecule has 4 heteroatoms. The molecule has 4 nitrogen and oxygen atoms in total. The fraction of sp³-hybridized carbons (Fsp3) is 0.625. The number of methoxy groups -OCH3 is 1. The van der Waals surface area contributed by atoms with Crippen LogP contribution in [0.25, 0.3) is 0 Å². The number of rotatable bonds is 4. The summed E-state index contributed by atoms with van der Waals surface area (Å²) in [6.45, 7) is 1.99. The van der Waals surface area contributed by atoms with Gasteiger partial charge >= 0.3 is 0 Å². The minimum atomic E-state index is -0.227. The molecule has 1 aliphatic carbocycles. The second kappa shape index (κ2) is 5.62. The molecule has 2 aliphatic rings. The molecule has 1 unspecified atom stereocenters. The van der Waals surface area contributed by atoms with Crippen molar-refractivity contribution in [1.29, 1.82) is 0 Å².